The van der Waals surface area contributed by atoms with Crippen molar-refractivity contribution in [3.8, 4) is 0 Å². The summed E-state index contributed by atoms with van der Waals surface area (Å²) in [5.74, 6) is -0.569. The molecule has 1 aromatic heterocycles. The molecule has 3 rings (SSSR count). The molecule has 0 fully saturated rings. The molecule has 9 heteroatoms. The van der Waals surface area contributed by atoms with E-state index in [1.165, 1.54) is 19.4 Å². The molecule has 3 aromatic rings. The number of anilines is 1. The molecule has 0 saturated heterocycles. The Labute approximate surface area is 187 Å². The second-order valence-electron chi connectivity index (χ2n) is 7.41. The Balaban J connectivity index is 1.52. The zero-order valence-corrected chi connectivity index (χ0v) is 18.9. The minimum atomic E-state index is -3.77. The van der Waals surface area contributed by atoms with Gasteiger partial charge in [-0.25, -0.2) is 8.42 Å². The fraction of sp³-hybridized carbons (Fsp3) is 0.217. The van der Waals surface area contributed by atoms with Gasteiger partial charge in [-0.2, -0.15) is 4.31 Å². The van der Waals surface area contributed by atoms with Crippen LogP contribution >= 0.6 is 0 Å². The highest BCUT2D eigenvalue weighted by Crippen LogP contribution is 2.18. The number of rotatable bonds is 8. The van der Waals surface area contributed by atoms with Crippen LogP contribution in [0.15, 0.2) is 70.2 Å². The lowest BCUT2D eigenvalue weighted by Crippen LogP contribution is -2.38. The van der Waals surface area contributed by atoms with E-state index in [4.69, 9.17) is 4.42 Å². The molecule has 168 valence electrons. The minimum absolute atomic E-state index is 0.156. The molecule has 2 amide bonds. The Morgan fingerprint density at radius 1 is 1.00 bits per heavy atom. The van der Waals surface area contributed by atoms with E-state index in [0.717, 1.165) is 21.0 Å². The van der Waals surface area contributed by atoms with Gasteiger partial charge in [-0.3, -0.25) is 9.59 Å². The van der Waals surface area contributed by atoms with Gasteiger partial charge in [0.1, 0.15) is 0 Å². The van der Waals surface area contributed by atoms with Gasteiger partial charge in [-0.15, -0.1) is 0 Å². The van der Waals surface area contributed by atoms with E-state index in [1.807, 2.05) is 13.8 Å². The number of amides is 2. The fourth-order valence-electron chi connectivity index (χ4n) is 2.90. The largest absolute Gasteiger partial charge is 0.459 e. The Morgan fingerprint density at radius 2 is 1.72 bits per heavy atom. The van der Waals surface area contributed by atoms with E-state index >= 15 is 0 Å². The van der Waals surface area contributed by atoms with Crippen molar-refractivity contribution in [3.05, 3.63) is 83.3 Å². The maximum atomic E-state index is 12.7. The number of furan rings is 1. The molecule has 2 aromatic carbocycles. The van der Waals surface area contributed by atoms with E-state index in [2.05, 4.69) is 10.6 Å². The first-order valence-electron chi connectivity index (χ1n) is 9.91. The summed E-state index contributed by atoms with van der Waals surface area (Å²) in [6.45, 7) is 3.67. The highest BCUT2D eigenvalue weighted by molar-refractivity contribution is 7.89. The Bertz CT molecular complexity index is 1200. The highest BCUT2D eigenvalue weighted by Gasteiger charge is 2.23. The van der Waals surface area contributed by atoms with E-state index in [0.29, 0.717) is 5.69 Å². The molecule has 2 N–H and O–H groups in total. The molecule has 0 aliphatic rings. The summed E-state index contributed by atoms with van der Waals surface area (Å²) in [6, 6.07) is 15.0. The Hall–Kier alpha value is -3.43. The fourth-order valence-corrected chi connectivity index (χ4v) is 4.12. The lowest BCUT2D eigenvalue weighted by molar-refractivity contribution is -0.121. The summed E-state index contributed by atoms with van der Waals surface area (Å²) in [5, 5.41) is 5.42. The number of benzene rings is 2. The number of likely N-dealkylation sites (N-methyl/N-ethyl adjacent to an activating group) is 1. The molecule has 1 heterocycles. The molecule has 8 nitrogen and oxygen atoms in total. The maximum Gasteiger partial charge on any atom is 0.291 e. The Kier molecular flexibility index (Phi) is 7.12. The van der Waals surface area contributed by atoms with E-state index in [-0.39, 0.29) is 29.7 Å². The maximum absolute atomic E-state index is 12.7. The van der Waals surface area contributed by atoms with Crippen LogP contribution in [-0.4, -0.2) is 38.1 Å². The van der Waals surface area contributed by atoms with Crippen LogP contribution in [0.2, 0.25) is 0 Å². The van der Waals surface area contributed by atoms with Crippen LogP contribution in [0.5, 0.6) is 0 Å². The van der Waals surface area contributed by atoms with Crippen molar-refractivity contribution < 1.29 is 22.4 Å². The van der Waals surface area contributed by atoms with Crippen molar-refractivity contribution in [1.82, 2.24) is 9.62 Å². The van der Waals surface area contributed by atoms with Gasteiger partial charge in [0.25, 0.3) is 5.91 Å². The number of hydrogen-bond donors (Lipinski definition) is 2. The van der Waals surface area contributed by atoms with Gasteiger partial charge in [0, 0.05) is 19.3 Å². The molecule has 0 spiro atoms. The summed E-state index contributed by atoms with van der Waals surface area (Å²) < 4.78 is 31.5. The standard InChI is InChI=1S/C23H25N3O5S/c1-16-6-11-20(13-17(16)2)32(29,30)26(3)15-22(27)24-14-18-7-9-19(10-8-18)25-23(28)21-5-4-12-31-21/h4-13H,14-15H2,1-3H3,(H,24,27)(H,25,28). The van der Waals surface area contributed by atoms with Crippen molar-refractivity contribution in [3.63, 3.8) is 0 Å². The second-order valence-corrected chi connectivity index (χ2v) is 9.46. The summed E-state index contributed by atoms with van der Waals surface area (Å²) in [4.78, 5) is 24.4. The normalized spacial score (nSPS) is 11.4. The monoisotopic (exact) mass is 455 g/mol. The predicted molar refractivity (Wildman–Crippen MR) is 121 cm³/mol. The van der Waals surface area contributed by atoms with Crippen LogP contribution in [0.4, 0.5) is 5.69 Å². The summed E-state index contributed by atoms with van der Waals surface area (Å²) >= 11 is 0. The van der Waals surface area contributed by atoms with Crippen molar-refractivity contribution >= 4 is 27.5 Å². The Morgan fingerprint density at radius 3 is 2.34 bits per heavy atom. The van der Waals surface area contributed by atoms with Gasteiger partial charge in [0.15, 0.2) is 5.76 Å². The third-order valence-electron chi connectivity index (χ3n) is 5.00. The quantitative estimate of drug-likeness (QED) is 0.543. The number of hydrogen-bond acceptors (Lipinski definition) is 5. The van der Waals surface area contributed by atoms with Crippen molar-refractivity contribution in [2.75, 3.05) is 18.9 Å². The van der Waals surface area contributed by atoms with Gasteiger partial charge >= 0.3 is 0 Å². The van der Waals surface area contributed by atoms with Crippen LogP contribution in [-0.2, 0) is 21.4 Å². The van der Waals surface area contributed by atoms with Crippen LogP contribution in [0.1, 0.15) is 27.2 Å². The van der Waals surface area contributed by atoms with Gasteiger partial charge in [-0.05, 0) is 66.9 Å². The molecular weight excluding hydrogens is 430 g/mol. The summed E-state index contributed by atoms with van der Waals surface area (Å²) in [6.07, 6.45) is 1.42. The van der Waals surface area contributed by atoms with Crippen molar-refractivity contribution in [2.24, 2.45) is 0 Å². The molecular formula is C23H25N3O5S. The van der Waals surface area contributed by atoms with Gasteiger partial charge < -0.3 is 15.1 Å². The van der Waals surface area contributed by atoms with E-state index < -0.39 is 15.9 Å². The third-order valence-corrected chi connectivity index (χ3v) is 6.80. The topological polar surface area (TPSA) is 109 Å². The van der Waals surface area contributed by atoms with Crippen LogP contribution in [0.3, 0.4) is 0 Å². The van der Waals surface area contributed by atoms with Gasteiger partial charge in [-0.1, -0.05) is 18.2 Å². The second kappa shape index (κ2) is 9.80. The average Bonchev–Trinajstić information content (AvgIpc) is 3.30. The van der Waals surface area contributed by atoms with E-state index in [1.54, 1.807) is 48.5 Å². The summed E-state index contributed by atoms with van der Waals surface area (Å²) in [5.41, 5.74) is 3.25. The first-order chi connectivity index (χ1) is 15.2. The number of nitrogens with zero attached hydrogens (tertiary/aromatic N) is 1. The zero-order valence-electron chi connectivity index (χ0n) is 18.1. The molecule has 32 heavy (non-hydrogen) atoms. The van der Waals surface area contributed by atoms with Crippen molar-refractivity contribution in [1.29, 1.82) is 0 Å². The zero-order chi connectivity index (χ0) is 23.3. The van der Waals surface area contributed by atoms with Crippen LogP contribution < -0.4 is 10.6 Å². The number of aryl methyl sites for hydroxylation is 2. The predicted octanol–water partition coefficient (Wildman–Crippen LogP) is 3.09. The van der Waals surface area contributed by atoms with Crippen molar-refractivity contribution in [2.45, 2.75) is 25.3 Å². The molecule has 0 aliphatic carbocycles. The molecule has 0 atom stereocenters. The lowest BCUT2D eigenvalue weighted by Gasteiger charge is -2.17. The highest BCUT2D eigenvalue weighted by atomic mass is 32.2. The van der Waals surface area contributed by atoms with Crippen LogP contribution in [0.25, 0.3) is 0 Å². The van der Waals surface area contributed by atoms with Crippen LogP contribution in [0, 0.1) is 13.8 Å². The number of nitrogens with one attached hydrogen (secondary N) is 2. The molecule has 0 saturated carbocycles. The van der Waals surface area contributed by atoms with E-state index in [9.17, 15) is 18.0 Å². The minimum Gasteiger partial charge on any atom is -0.459 e. The summed E-state index contributed by atoms with van der Waals surface area (Å²) in [7, 11) is -2.39. The first kappa shape index (κ1) is 23.2. The SMILES string of the molecule is Cc1ccc(S(=O)(=O)N(C)CC(=O)NCc2ccc(NC(=O)c3ccco3)cc2)cc1C. The van der Waals surface area contributed by atoms with Gasteiger partial charge in [0.05, 0.1) is 17.7 Å². The molecule has 0 bridgehead atoms. The smallest absolute Gasteiger partial charge is 0.291 e. The third kappa shape index (κ3) is 5.63. The number of carbonyl (C=O) groups excluding carboxylic acids is 2. The first-order valence-corrected chi connectivity index (χ1v) is 11.3. The average molecular weight is 456 g/mol. The lowest BCUT2D eigenvalue weighted by atomic mass is 10.1. The number of carbonyl (C=O) groups is 2. The molecule has 0 unspecified atom stereocenters. The molecule has 0 radical (unpaired) electrons. The van der Waals surface area contributed by atoms with Gasteiger partial charge in [0.2, 0.25) is 15.9 Å². The number of sulfonamides is 1. The molecule has 0 aliphatic heterocycles.